The molecule has 0 aromatic carbocycles. The number of nitrogens with zero attached hydrogens (tertiary/aromatic N) is 2. The average Bonchev–Trinajstić information content (AvgIpc) is 2.57. The van der Waals surface area contributed by atoms with E-state index in [0.29, 0.717) is 0 Å². The van der Waals surface area contributed by atoms with Crippen LogP contribution in [0, 0.1) is 0 Å². The minimum absolute atomic E-state index is 1.06. The number of nitrogens with one attached hydrogen (secondary N) is 3. The van der Waals surface area contributed by atoms with Crippen LogP contribution in [0.25, 0.3) is 0 Å². The first kappa shape index (κ1) is 26.0. The lowest BCUT2D eigenvalue weighted by Crippen LogP contribution is -2.39. The van der Waals surface area contributed by atoms with E-state index >= 15 is 0 Å². The molecule has 0 aromatic rings. The Labute approximate surface area is 152 Å². The maximum Gasteiger partial charge on any atom is 0.0108 e. The van der Waals surface area contributed by atoms with Crippen molar-refractivity contribution in [3.8, 4) is 0 Å². The molecule has 0 radical (unpaired) electrons. The van der Waals surface area contributed by atoms with Crippen molar-refractivity contribution in [2.45, 2.75) is 45.4 Å². The van der Waals surface area contributed by atoms with Crippen LogP contribution in [0.2, 0.25) is 0 Å². The van der Waals surface area contributed by atoms with Gasteiger partial charge in [0, 0.05) is 39.3 Å². The Morgan fingerprint density at radius 2 is 1.00 bits per heavy atom. The molecule has 0 fully saturated rings. The highest BCUT2D eigenvalue weighted by atomic mass is 15.2. The third-order valence-electron chi connectivity index (χ3n) is 3.99. The zero-order valence-electron chi connectivity index (χ0n) is 17.6. The second-order valence-electron chi connectivity index (χ2n) is 6.72. The van der Waals surface area contributed by atoms with Crippen LogP contribution in [0.5, 0.6) is 0 Å². The fraction of sp³-hybridized carbons (Fsp3) is 1.00. The second kappa shape index (κ2) is 22.8. The van der Waals surface area contributed by atoms with Crippen molar-refractivity contribution in [2.75, 3.05) is 81.1 Å². The predicted octanol–water partition coefficient (Wildman–Crippen LogP) is 1.86. The Morgan fingerprint density at radius 1 is 0.583 bits per heavy atom. The fourth-order valence-corrected chi connectivity index (χ4v) is 2.35. The number of unbranched alkanes of at least 4 members (excludes halogenated alkanes) is 5. The molecular weight excluding hydrogens is 298 g/mol. The van der Waals surface area contributed by atoms with E-state index in [0.717, 1.165) is 39.3 Å². The van der Waals surface area contributed by atoms with Gasteiger partial charge in [-0.1, -0.05) is 39.0 Å². The van der Waals surface area contributed by atoms with E-state index in [1.807, 2.05) is 21.1 Å². The first-order valence-electron chi connectivity index (χ1n) is 9.93. The summed E-state index contributed by atoms with van der Waals surface area (Å²) < 4.78 is 0. The average molecular weight is 346 g/mol. The summed E-state index contributed by atoms with van der Waals surface area (Å²) in [7, 11) is 10.3. The second-order valence-corrected chi connectivity index (χ2v) is 6.72. The van der Waals surface area contributed by atoms with E-state index in [9.17, 15) is 0 Å². The Balaban J connectivity index is 0. The van der Waals surface area contributed by atoms with Crippen molar-refractivity contribution >= 4 is 0 Å². The van der Waals surface area contributed by atoms with Gasteiger partial charge in [0.05, 0.1) is 0 Å². The molecule has 0 aromatic heterocycles. The number of rotatable bonds is 16. The van der Waals surface area contributed by atoms with E-state index in [2.05, 4.69) is 46.8 Å². The van der Waals surface area contributed by atoms with Crippen LogP contribution in [-0.2, 0) is 0 Å². The van der Waals surface area contributed by atoms with Crippen molar-refractivity contribution in [3.63, 3.8) is 0 Å². The maximum atomic E-state index is 3.17. The molecule has 5 heteroatoms. The lowest BCUT2D eigenvalue weighted by molar-refractivity contribution is 0.279. The van der Waals surface area contributed by atoms with Crippen LogP contribution >= 0.6 is 0 Å². The molecule has 148 valence electrons. The summed E-state index contributed by atoms with van der Waals surface area (Å²) in [5.74, 6) is 0. The highest BCUT2D eigenvalue weighted by Crippen LogP contribution is 2.04. The van der Waals surface area contributed by atoms with Crippen molar-refractivity contribution in [1.82, 2.24) is 25.8 Å². The maximum absolute atomic E-state index is 3.17. The molecular formula is C19H47N5. The predicted molar refractivity (Wildman–Crippen MR) is 110 cm³/mol. The monoisotopic (exact) mass is 345 g/mol. The van der Waals surface area contributed by atoms with Crippen molar-refractivity contribution in [1.29, 1.82) is 0 Å². The van der Waals surface area contributed by atoms with Crippen LogP contribution in [0.15, 0.2) is 0 Å². The molecule has 0 atom stereocenters. The minimum Gasteiger partial charge on any atom is -0.318 e. The van der Waals surface area contributed by atoms with Gasteiger partial charge >= 0.3 is 0 Å². The zero-order chi connectivity index (χ0) is 18.5. The Bertz CT molecular complexity index is 193. The summed E-state index contributed by atoms with van der Waals surface area (Å²) in [5.41, 5.74) is 0. The summed E-state index contributed by atoms with van der Waals surface area (Å²) in [5, 5.41) is 9.51. The van der Waals surface area contributed by atoms with E-state index < -0.39 is 0 Å². The Kier molecular flexibility index (Phi) is 24.7. The van der Waals surface area contributed by atoms with Gasteiger partial charge in [-0.2, -0.15) is 0 Å². The lowest BCUT2D eigenvalue weighted by atomic mass is 10.1. The summed E-state index contributed by atoms with van der Waals surface area (Å²) in [6.07, 6.45) is 8.43. The van der Waals surface area contributed by atoms with Crippen LogP contribution in [-0.4, -0.2) is 90.9 Å². The normalized spacial score (nSPS) is 11.0. The summed E-state index contributed by atoms with van der Waals surface area (Å²) >= 11 is 0. The van der Waals surface area contributed by atoms with Crippen LogP contribution in [0.4, 0.5) is 0 Å². The third kappa shape index (κ3) is 24.1. The molecule has 0 saturated heterocycles. The summed E-state index contributed by atoms with van der Waals surface area (Å²) in [4.78, 5) is 4.71. The highest BCUT2D eigenvalue weighted by Gasteiger charge is 2.01. The van der Waals surface area contributed by atoms with E-state index in [1.165, 1.54) is 45.1 Å². The molecule has 24 heavy (non-hydrogen) atoms. The Morgan fingerprint density at radius 3 is 1.38 bits per heavy atom. The molecule has 0 aliphatic rings. The standard InChI is InChI=1S/C10H23N.C9H24N4/c1-4-5-6-7-8-9-10-11(2)3;1-10-4-7-13(8-5-11-2)9-6-12-3/h4-10H2,1-3H3;10-12H,4-9H2,1-3H3. The van der Waals surface area contributed by atoms with E-state index in [4.69, 9.17) is 0 Å². The molecule has 5 nitrogen and oxygen atoms in total. The van der Waals surface area contributed by atoms with Gasteiger partial charge in [0.2, 0.25) is 0 Å². The van der Waals surface area contributed by atoms with Gasteiger partial charge in [-0.3, -0.25) is 4.90 Å². The SMILES string of the molecule is CCCCCCCCN(C)C.CNCCN(CCNC)CCNC. The van der Waals surface area contributed by atoms with Gasteiger partial charge in [-0.25, -0.2) is 0 Å². The molecule has 0 unspecified atom stereocenters. The van der Waals surface area contributed by atoms with Gasteiger partial charge in [0.25, 0.3) is 0 Å². The first-order valence-corrected chi connectivity index (χ1v) is 9.93. The molecule has 0 aliphatic heterocycles. The minimum atomic E-state index is 1.06. The number of hydrogen-bond donors (Lipinski definition) is 3. The fourth-order valence-electron chi connectivity index (χ4n) is 2.35. The third-order valence-corrected chi connectivity index (χ3v) is 3.99. The van der Waals surface area contributed by atoms with Gasteiger partial charge in [0.1, 0.15) is 0 Å². The van der Waals surface area contributed by atoms with Crippen molar-refractivity contribution < 1.29 is 0 Å². The number of likely N-dealkylation sites (N-methyl/N-ethyl adjacent to an activating group) is 3. The van der Waals surface area contributed by atoms with Crippen molar-refractivity contribution in [2.24, 2.45) is 0 Å². The quantitative estimate of drug-likeness (QED) is 0.373. The van der Waals surface area contributed by atoms with Crippen LogP contribution in [0.1, 0.15) is 45.4 Å². The smallest absolute Gasteiger partial charge is 0.0108 e. The molecule has 0 bridgehead atoms. The number of hydrogen-bond acceptors (Lipinski definition) is 5. The molecule has 0 saturated carbocycles. The van der Waals surface area contributed by atoms with Gasteiger partial charge in [-0.05, 0) is 48.2 Å². The van der Waals surface area contributed by atoms with E-state index in [-0.39, 0.29) is 0 Å². The summed E-state index contributed by atoms with van der Waals surface area (Å²) in [6.45, 7) is 10.1. The van der Waals surface area contributed by atoms with Crippen LogP contribution in [0.3, 0.4) is 0 Å². The van der Waals surface area contributed by atoms with Crippen molar-refractivity contribution in [3.05, 3.63) is 0 Å². The summed E-state index contributed by atoms with van der Waals surface area (Å²) in [6, 6.07) is 0. The van der Waals surface area contributed by atoms with Gasteiger partial charge < -0.3 is 20.9 Å². The molecule has 0 spiro atoms. The van der Waals surface area contributed by atoms with Crippen LogP contribution < -0.4 is 16.0 Å². The molecule has 0 rings (SSSR count). The zero-order valence-corrected chi connectivity index (χ0v) is 17.6. The largest absolute Gasteiger partial charge is 0.318 e. The van der Waals surface area contributed by atoms with E-state index in [1.54, 1.807) is 0 Å². The molecule has 0 heterocycles. The first-order chi connectivity index (χ1) is 11.6. The lowest BCUT2D eigenvalue weighted by Gasteiger charge is -2.21. The molecule has 0 amide bonds. The highest BCUT2D eigenvalue weighted by molar-refractivity contribution is 4.61. The van der Waals surface area contributed by atoms with Gasteiger partial charge in [0.15, 0.2) is 0 Å². The molecule has 0 aliphatic carbocycles. The molecule has 3 N–H and O–H groups in total. The Hall–Kier alpha value is -0.200. The van der Waals surface area contributed by atoms with Gasteiger partial charge in [-0.15, -0.1) is 0 Å². The topological polar surface area (TPSA) is 42.6 Å².